The Labute approximate surface area is 96.3 Å². The van der Waals surface area contributed by atoms with Crippen LogP contribution < -0.4 is 5.32 Å². The zero-order valence-corrected chi connectivity index (χ0v) is 8.97. The highest BCUT2D eigenvalue weighted by Gasteiger charge is 2.06. The predicted molar refractivity (Wildman–Crippen MR) is 60.8 cm³/mol. The molecule has 0 bridgehead atoms. The van der Waals surface area contributed by atoms with Crippen molar-refractivity contribution in [1.82, 2.24) is 9.97 Å². The first-order chi connectivity index (χ1) is 8.06. The number of aromatic carboxylic acids is 1. The second-order valence-corrected chi connectivity index (χ2v) is 3.45. The van der Waals surface area contributed by atoms with Gasteiger partial charge in [-0.3, -0.25) is 4.79 Å². The zero-order chi connectivity index (χ0) is 12.4. The molecule has 6 heteroatoms. The fraction of sp³-hybridized carbons (Fsp3) is 0.0909. The Balaban J connectivity index is 2.46. The van der Waals surface area contributed by atoms with E-state index in [-0.39, 0.29) is 11.5 Å². The number of rotatable bonds is 2. The zero-order valence-electron chi connectivity index (χ0n) is 8.97. The van der Waals surface area contributed by atoms with Crippen LogP contribution >= 0.6 is 0 Å². The molecule has 2 heterocycles. The van der Waals surface area contributed by atoms with Crippen molar-refractivity contribution in [2.24, 2.45) is 0 Å². The number of nitrogens with zero attached hydrogens (tertiary/aromatic N) is 2. The molecule has 2 aromatic heterocycles. The summed E-state index contributed by atoms with van der Waals surface area (Å²) in [6, 6.07) is 4.74. The number of hydrogen-bond donors (Lipinski definition) is 2. The molecule has 0 unspecified atom stereocenters. The van der Waals surface area contributed by atoms with Crippen LogP contribution in [0.4, 0.5) is 5.82 Å². The maximum atomic E-state index is 10.8. The standard InChI is InChI=1S/C11H9N3O3/c1-6(15)13-9-3-2-7-4-8(11(16)17)5-12-10(7)14-9/h2-5H,1H3,(H,16,17)(H,12,13,14,15). The third-order valence-electron chi connectivity index (χ3n) is 2.09. The maximum Gasteiger partial charge on any atom is 0.337 e. The lowest BCUT2D eigenvalue weighted by Gasteiger charge is -2.03. The molecule has 2 N–H and O–H groups in total. The van der Waals surface area contributed by atoms with Crippen LogP contribution in [-0.4, -0.2) is 27.0 Å². The Morgan fingerprint density at radius 1 is 1.35 bits per heavy atom. The van der Waals surface area contributed by atoms with Gasteiger partial charge in [0.05, 0.1) is 5.56 Å². The number of carboxylic acids is 1. The number of pyridine rings is 2. The van der Waals surface area contributed by atoms with Crippen LogP contribution in [0.15, 0.2) is 24.4 Å². The average Bonchev–Trinajstić information content (AvgIpc) is 2.27. The quantitative estimate of drug-likeness (QED) is 0.812. The van der Waals surface area contributed by atoms with Gasteiger partial charge in [0.1, 0.15) is 5.82 Å². The van der Waals surface area contributed by atoms with Crippen molar-refractivity contribution in [3.63, 3.8) is 0 Å². The summed E-state index contributed by atoms with van der Waals surface area (Å²) in [6.07, 6.45) is 1.23. The van der Waals surface area contributed by atoms with Crippen molar-refractivity contribution < 1.29 is 14.7 Å². The molecule has 0 fully saturated rings. The van der Waals surface area contributed by atoms with Crippen LogP contribution in [0.2, 0.25) is 0 Å². The van der Waals surface area contributed by atoms with Gasteiger partial charge in [0, 0.05) is 18.5 Å². The summed E-state index contributed by atoms with van der Waals surface area (Å²) in [5, 5.41) is 11.9. The Kier molecular flexibility index (Phi) is 2.70. The Hall–Kier alpha value is -2.50. The first kappa shape index (κ1) is 11.0. The molecule has 17 heavy (non-hydrogen) atoms. The number of fused-ring (bicyclic) bond motifs is 1. The molecule has 0 atom stereocenters. The molecule has 0 saturated heterocycles. The fourth-order valence-corrected chi connectivity index (χ4v) is 1.38. The molecular weight excluding hydrogens is 222 g/mol. The number of anilines is 1. The van der Waals surface area contributed by atoms with Gasteiger partial charge in [0.2, 0.25) is 5.91 Å². The molecule has 0 aliphatic carbocycles. The van der Waals surface area contributed by atoms with E-state index in [1.54, 1.807) is 12.1 Å². The second-order valence-electron chi connectivity index (χ2n) is 3.45. The van der Waals surface area contributed by atoms with E-state index < -0.39 is 5.97 Å². The molecule has 2 aromatic rings. The van der Waals surface area contributed by atoms with E-state index >= 15 is 0 Å². The topological polar surface area (TPSA) is 92.2 Å². The van der Waals surface area contributed by atoms with Crippen molar-refractivity contribution in [2.45, 2.75) is 6.92 Å². The van der Waals surface area contributed by atoms with E-state index in [0.29, 0.717) is 16.9 Å². The summed E-state index contributed by atoms with van der Waals surface area (Å²) >= 11 is 0. The van der Waals surface area contributed by atoms with Crippen molar-refractivity contribution in [3.8, 4) is 0 Å². The van der Waals surface area contributed by atoms with Gasteiger partial charge in [-0.15, -0.1) is 0 Å². The summed E-state index contributed by atoms with van der Waals surface area (Å²) in [4.78, 5) is 29.6. The van der Waals surface area contributed by atoms with Crippen LogP contribution in [0.3, 0.4) is 0 Å². The highest BCUT2D eigenvalue weighted by molar-refractivity contribution is 5.93. The monoisotopic (exact) mass is 231 g/mol. The average molecular weight is 231 g/mol. The van der Waals surface area contributed by atoms with Crippen molar-refractivity contribution in [1.29, 1.82) is 0 Å². The Bertz CT molecular complexity index is 610. The van der Waals surface area contributed by atoms with E-state index in [2.05, 4.69) is 15.3 Å². The molecule has 0 aromatic carbocycles. The van der Waals surface area contributed by atoms with E-state index in [1.807, 2.05) is 0 Å². The molecule has 0 saturated carbocycles. The Morgan fingerprint density at radius 2 is 2.12 bits per heavy atom. The maximum absolute atomic E-state index is 10.8. The lowest BCUT2D eigenvalue weighted by Crippen LogP contribution is -2.07. The van der Waals surface area contributed by atoms with Crippen LogP contribution in [-0.2, 0) is 4.79 Å². The van der Waals surface area contributed by atoms with Gasteiger partial charge in [-0.25, -0.2) is 14.8 Å². The number of nitrogens with one attached hydrogen (secondary N) is 1. The van der Waals surface area contributed by atoms with Crippen LogP contribution in [0.5, 0.6) is 0 Å². The molecule has 0 aliphatic heterocycles. The number of carboxylic acid groups (broad SMARTS) is 1. The molecular formula is C11H9N3O3. The van der Waals surface area contributed by atoms with Gasteiger partial charge in [-0.2, -0.15) is 0 Å². The minimum atomic E-state index is -1.04. The molecule has 0 aliphatic rings. The SMILES string of the molecule is CC(=O)Nc1ccc2cc(C(=O)O)cnc2n1. The third kappa shape index (κ3) is 2.36. The van der Waals surface area contributed by atoms with Gasteiger partial charge in [0.25, 0.3) is 0 Å². The molecule has 6 nitrogen and oxygen atoms in total. The van der Waals surface area contributed by atoms with Gasteiger partial charge < -0.3 is 10.4 Å². The van der Waals surface area contributed by atoms with Gasteiger partial charge in [-0.05, 0) is 18.2 Å². The Morgan fingerprint density at radius 3 is 2.76 bits per heavy atom. The van der Waals surface area contributed by atoms with Gasteiger partial charge >= 0.3 is 5.97 Å². The second kappa shape index (κ2) is 4.17. The fourth-order valence-electron chi connectivity index (χ4n) is 1.38. The lowest BCUT2D eigenvalue weighted by molar-refractivity contribution is -0.114. The van der Waals surface area contributed by atoms with Crippen molar-refractivity contribution in [3.05, 3.63) is 30.0 Å². The minimum absolute atomic E-state index is 0.103. The van der Waals surface area contributed by atoms with Crippen LogP contribution in [0, 0.1) is 0 Å². The molecule has 86 valence electrons. The molecule has 0 radical (unpaired) electrons. The number of carbonyl (C=O) groups is 2. The van der Waals surface area contributed by atoms with Crippen molar-refractivity contribution in [2.75, 3.05) is 5.32 Å². The smallest absolute Gasteiger partial charge is 0.337 e. The largest absolute Gasteiger partial charge is 0.478 e. The summed E-state index contributed by atoms with van der Waals surface area (Å²) in [5.74, 6) is -0.870. The first-order valence-corrected chi connectivity index (χ1v) is 4.84. The van der Waals surface area contributed by atoms with Crippen LogP contribution in [0.25, 0.3) is 11.0 Å². The van der Waals surface area contributed by atoms with Crippen molar-refractivity contribution >= 4 is 28.7 Å². The van der Waals surface area contributed by atoms with E-state index in [0.717, 1.165) is 0 Å². The predicted octanol–water partition coefficient (Wildman–Crippen LogP) is 1.29. The summed E-state index contributed by atoms with van der Waals surface area (Å²) in [5.41, 5.74) is 0.493. The first-order valence-electron chi connectivity index (χ1n) is 4.84. The lowest BCUT2D eigenvalue weighted by atomic mass is 10.2. The molecule has 0 spiro atoms. The third-order valence-corrected chi connectivity index (χ3v) is 2.09. The number of carbonyl (C=O) groups excluding carboxylic acids is 1. The number of amides is 1. The summed E-state index contributed by atoms with van der Waals surface area (Å²) in [7, 11) is 0. The highest BCUT2D eigenvalue weighted by atomic mass is 16.4. The van der Waals surface area contributed by atoms with E-state index in [9.17, 15) is 9.59 Å². The molecule has 1 amide bonds. The summed E-state index contributed by atoms with van der Waals surface area (Å²) in [6.45, 7) is 1.38. The normalized spacial score (nSPS) is 10.2. The summed E-state index contributed by atoms with van der Waals surface area (Å²) < 4.78 is 0. The minimum Gasteiger partial charge on any atom is -0.478 e. The number of hydrogen-bond acceptors (Lipinski definition) is 4. The van der Waals surface area contributed by atoms with Gasteiger partial charge in [0.15, 0.2) is 5.65 Å². The highest BCUT2D eigenvalue weighted by Crippen LogP contribution is 2.14. The van der Waals surface area contributed by atoms with Crippen LogP contribution in [0.1, 0.15) is 17.3 Å². The van der Waals surface area contributed by atoms with E-state index in [4.69, 9.17) is 5.11 Å². The van der Waals surface area contributed by atoms with E-state index in [1.165, 1.54) is 19.2 Å². The molecule has 2 rings (SSSR count). The van der Waals surface area contributed by atoms with Gasteiger partial charge in [-0.1, -0.05) is 0 Å². The number of aromatic nitrogens is 2.